The Labute approximate surface area is 133 Å². The second-order valence-electron chi connectivity index (χ2n) is 6.09. The number of ketones is 1. The number of aryl methyl sites for hydroxylation is 3. The predicted octanol–water partition coefficient (Wildman–Crippen LogP) is 3.77. The Morgan fingerprint density at radius 3 is 2.50 bits per heavy atom. The third kappa shape index (κ3) is 4.85. The highest BCUT2D eigenvalue weighted by Gasteiger charge is 2.13. The van der Waals surface area contributed by atoms with Crippen LogP contribution in [0.5, 0.6) is 0 Å². The van der Waals surface area contributed by atoms with Gasteiger partial charge in [0.15, 0.2) is 5.78 Å². The van der Waals surface area contributed by atoms with Gasteiger partial charge in [-0.25, -0.2) is 0 Å². The second-order valence-corrected chi connectivity index (χ2v) is 6.09. The first kappa shape index (κ1) is 16.5. The lowest BCUT2D eigenvalue weighted by atomic mass is 10.1. The fourth-order valence-corrected chi connectivity index (χ4v) is 2.78. The van der Waals surface area contributed by atoms with Crippen LogP contribution in [0.2, 0.25) is 0 Å². The van der Waals surface area contributed by atoms with Crippen molar-refractivity contribution in [3.8, 4) is 0 Å². The Morgan fingerprint density at radius 1 is 1.14 bits per heavy atom. The molecule has 0 saturated carbocycles. The van der Waals surface area contributed by atoms with Crippen LogP contribution in [0, 0.1) is 13.8 Å². The molecule has 3 heteroatoms. The number of hydrogen-bond acceptors (Lipinski definition) is 2. The zero-order valence-corrected chi connectivity index (χ0v) is 13.9. The van der Waals surface area contributed by atoms with Gasteiger partial charge >= 0.3 is 0 Å². The number of hydrogen-bond donors (Lipinski definition) is 1. The van der Waals surface area contributed by atoms with Gasteiger partial charge in [0.25, 0.3) is 0 Å². The zero-order chi connectivity index (χ0) is 15.9. The summed E-state index contributed by atoms with van der Waals surface area (Å²) in [7, 11) is 2.02. The predicted molar refractivity (Wildman–Crippen MR) is 91.5 cm³/mol. The molecule has 0 radical (unpaired) electrons. The largest absolute Gasteiger partial charge is 0.362 e. The van der Waals surface area contributed by atoms with Gasteiger partial charge in [0, 0.05) is 17.0 Å². The molecule has 0 saturated heterocycles. The molecule has 0 spiro atoms. The first-order chi connectivity index (χ1) is 10.6. The first-order valence-corrected chi connectivity index (χ1v) is 7.98. The molecule has 3 nitrogen and oxygen atoms in total. The van der Waals surface area contributed by atoms with Gasteiger partial charge in [0.2, 0.25) is 0 Å². The number of Topliss-reactive ketones (excluding diaryl/α,β-unsaturated/α-hetero) is 1. The van der Waals surface area contributed by atoms with Crippen LogP contribution in [0.1, 0.15) is 40.2 Å². The molecule has 1 N–H and O–H groups in total. The number of aromatic amines is 1. The highest BCUT2D eigenvalue weighted by Crippen LogP contribution is 2.11. The van der Waals surface area contributed by atoms with Crippen molar-refractivity contribution in [1.29, 1.82) is 0 Å². The average Bonchev–Trinajstić information content (AvgIpc) is 2.83. The molecule has 0 aliphatic heterocycles. The van der Waals surface area contributed by atoms with Crippen molar-refractivity contribution in [3.05, 3.63) is 58.9 Å². The Hall–Kier alpha value is -1.87. The maximum atomic E-state index is 12.3. The number of benzene rings is 1. The van der Waals surface area contributed by atoms with Gasteiger partial charge in [-0.2, -0.15) is 0 Å². The van der Waals surface area contributed by atoms with Gasteiger partial charge in [-0.3, -0.25) is 9.69 Å². The van der Waals surface area contributed by atoms with Gasteiger partial charge < -0.3 is 4.98 Å². The number of nitrogens with zero attached hydrogens (tertiary/aromatic N) is 1. The minimum absolute atomic E-state index is 0.201. The van der Waals surface area contributed by atoms with E-state index in [9.17, 15) is 4.79 Å². The molecule has 0 aliphatic carbocycles. The van der Waals surface area contributed by atoms with E-state index >= 15 is 0 Å². The van der Waals surface area contributed by atoms with E-state index in [1.807, 2.05) is 33.0 Å². The first-order valence-electron chi connectivity index (χ1n) is 7.98. The molecular formula is C19H26N2O. The van der Waals surface area contributed by atoms with Crippen molar-refractivity contribution in [2.45, 2.75) is 33.1 Å². The molecule has 2 aromatic rings. The SMILES string of the molecule is Cc1cc(C(=O)CN(C)CCCCc2ccccc2)c(C)[nH]1. The highest BCUT2D eigenvalue weighted by atomic mass is 16.1. The molecule has 0 unspecified atom stereocenters. The lowest BCUT2D eigenvalue weighted by Crippen LogP contribution is -2.27. The van der Waals surface area contributed by atoms with Crippen LogP contribution in [0.15, 0.2) is 36.4 Å². The van der Waals surface area contributed by atoms with Crippen LogP contribution in [0.4, 0.5) is 0 Å². The van der Waals surface area contributed by atoms with Crippen LogP contribution in [-0.4, -0.2) is 35.8 Å². The van der Waals surface area contributed by atoms with Gasteiger partial charge in [-0.15, -0.1) is 0 Å². The van der Waals surface area contributed by atoms with Crippen LogP contribution < -0.4 is 0 Å². The maximum Gasteiger partial charge on any atom is 0.178 e. The lowest BCUT2D eigenvalue weighted by Gasteiger charge is -2.15. The van der Waals surface area contributed by atoms with E-state index in [1.165, 1.54) is 5.56 Å². The number of likely N-dealkylation sites (N-methyl/N-ethyl adjacent to an activating group) is 1. The Bertz CT molecular complexity index is 601. The Kier molecular flexibility index (Phi) is 5.96. The summed E-state index contributed by atoms with van der Waals surface area (Å²) in [5.41, 5.74) is 4.24. The van der Waals surface area contributed by atoms with E-state index in [0.717, 1.165) is 42.8 Å². The van der Waals surface area contributed by atoms with Crippen LogP contribution in [0.25, 0.3) is 0 Å². The van der Waals surface area contributed by atoms with E-state index in [0.29, 0.717) is 6.54 Å². The summed E-state index contributed by atoms with van der Waals surface area (Å²) in [6, 6.07) is 12.5. The molecule has 0 aliphatic rings. The van der Waals surface area contributed by atoms with Crippen LogP contribution in [0.3, 0.4) is 0 Å². The molecule has 0 atom stereocenters. The van der Waals surface area contributed by atoms with Gasteiger partial charge in [0.05, 0.1) is 6.54 Å². The standard InChI is InChI=1S/C19H26N2O/c1-15-13-18(16(2)20-15)19(22)14-21(3)12-8-7-11-17-9-5-4-6-10-17/h4-6,9-10,13,20H,7-8,11-12,14H2,1-3H3. The van der Waals surface area contributed by atoms with Crippen molar-refractivity contribution in [2.24, 2.45) is 0 Å². The molecule has 22 heavy (non-hydrogen) atoms. The van der Waals surface area contributed by atoms with Gasteiger partial charge in [-0.05, 0) is 58.3 Å². The number of nitrogens with one attached hydrogen (secondary N) is 1. The highest BCUT2D eigenvalue weighted by molar-refractivity contribution is 5.98. The van der Waals surface area contributed by atoms with Crippen molar-refractivity contribution in [3.63, 3.8) is 0 Å². The van der Waals surface area contributed by atoms with Gasteiger partial charge in [0.1, 0.15) is 0 Å². The number of H-pyrrole nitrogens is 1. The van der Waals surface area contributed by atoms with E-state index in [-0.39, 0.29) is 5.78 Å². The smallest absolute Gasteiger partial charge is 0.178 e. The monoisotopic (exact) mass is 298 g/mol. The Morgan fingerprint density at radius 2 is 1.86 bits per heavy atom. The zero-order valence-electron chi connectivity index (χ0n) is 13.9. The van der Waals surface area contributed by atoms with E-state index < -0.39 is 0 Å². The number of carbonyl (C=O) groups is 1. The molecule has 0 amide bonds. The summed E-state index contributed by atoms with van der Waals surface area (Å²) >= 11 is 0. The quantitative estimate of drug-likeness (QED) is 0.595. The number of aromatic nitrogens is 1. The summed E-state index contributed by atoms with van der Waals surface area (Å²) in [6.07, 6.45) is 3.38. The maximum absolute atomic E-state index is 12.3. The normalized spacial score (nSPS) is 11.1. The fourth-order valence-electron chi connectivity index (χ4n) is 2.78. The second kappa shape index (κ2) is 7.95. The van der Waals surface area contributed by atoms with Crippen molar-refractivity contribution in [2.75, 3.05) is 20.1 Å². The molecule has 118 valence electrons. The Balaban J connectivity index is 1.70. The van der Waals surface area contributed by atoms with Crippen LogP contribution in [-0.2, 0) is 6.42 Å². The number of rotatable bonds is 8. The number of carbonyl (C=O) groups excluding carboxylic acids is 1. The average molecular weight is 298 g/mol. The van der Waals surface area contributed by atoms with E-state index in [2.05, 4.69) is 34.1 Å². The summed E-state index contributed by atoms with van der Waals surface area (Å²) < 4.78 is 0. The molecular weight excluding hydrogens is 272 g/mol. The molecule has 1 heterocycles. The van der Waals surface area contributed by atoms with E-state index in [4.69, 9.17) is 0 Å². The van der Waals surface area contributed by atoms with Gasteiger partial charge in [-0.1, -0.05) is 30.3 Å². The fraction of sp³-hybridized carbons (Fsp3) is 0.421. The lowest BCUT2D eigenvalue weighted by molar-refractivity contribution is 0.0945. The molecule has 2 rings (SSSR count). The molecule has 0 fully saturated rings. The molecule has 0 bridgehead atoms. The third-order valence-electron chi connectivity index (χ3n) is 3.96. The van der Waals surface area contributed by atoms with Crippen molar-refractivity contribution in [1.82, 2.24) is 9.88 Å². The van der Waals surface area contributed by atoms with Crippen molar-refractivity contribution >= 4 is 5.78 Å². The minimum Gasteiger partial charge on any atom is -0.362 e. The number of unbranched alkanes of at least 4 members (excludes halogenated alkanes) is 1. The molecule has 1 aromatic heterocycles. The topological polar surface area (TPSA) is 36.1 Å². The summed E-state index contributed by atoms with van der Waals surface area (Å²) in [6.45, 7) is 5.39. The third-order valence-corrected chi connectivity index (χ3v) is 3.96. The summed E-state index contributed by atoms with van der Waals surface area (Å²) in [4.78, 5) is 17.6. The van der Waals surface area contributed by atoms with Crippen molar-refractivity contribution < 1.29 is 4.79 Å². The molecule has 1 aromatic carbocycles. The van der Waals surface area contributed by atoms with Crippen LogP contribution >= 0.6 is 0 Å². The minimum atomic E-state index is 0.201. The summed E-state index contributed by atoms with van der Waals surface area (Å²) in [5.74, 6) is 0.201. The van der Waals surface area contributed by atoms with E-state index in [1.54, 1.807) is 0 Å². The summed E-state index contributed by atoms with van der Waals surface area (Å²) in [5, 5.41) is 0.